The van der Waals surface area contributed by atoms with Crippen LogP contribution in [0.15, 0.2) is 42.5 Å². The Morgan fingerprint density at radius 1 is 1.25 bits per heavy atom. The lowest BCUT2D eigenvalue weighted by Crippen LogP contribution is -2.00. The number of aromatic nitrogens is 2. The summed E-state index contributed by atoms with van der Waals surface area (Å²) in [6.45, 7) is 0.472. The molecule has 0 bridgehead atoms. The molecule has 3 nitrogen and oxygen atoms in total. The monoisotopic (exact) mass is 288 g/mol. The molecule has 0 spiro atoms. The molecule has 102 valence electrons. The van der Waals surface area contributed by atoms with Crippen molar-refractivity contribution in [3.05, 3.63) is 58.6 Å². The van der Waals surface area contributed by atoms with Crippen LogP contribution in [0.5, 0.6) is 0 Å². The van der Waals surface area contributed by atoms with Crippen LogP contribution in [0.25, 0.3) is 16.7 Å². The number of H-pyrrole nitrogens is 1. The number of hydrogen-bond donors (Lipinski definition) is 1. The van der Waals surface area contributed by atoms with Crippen LogP contribution in [0, 0.1) is 10.6 Å². The fourth-order valence-corrected chi connectivity index (χ4v) is 2.63. The summed E-state index contributed by atoms with van der Waals surface area (Å²) in [6.07, 6.45) is 0. The molecule has 1 heterocycles. The van der Waals surface area contributed by atoms with E-state index >= 15 is 0 Å². The van der Waals surface area contributed by atoms with Crippen LogP contribution in [0.3, 0.4) is 0 Å². The smallest absolute Gasteiger partial charge is 0.182 e. The molecule has 0 aliphatic carbocycles. The number of benzene rings is 2. The molecule has 2 aromatic carbocycles. The molecular weight excluding hydrogens is 275 g/mol. The SMILES string of the molecule is COCc1ccccc1-n1c(=S)[nH]c2ccc(F)cc21. The summed E-state index contributed by atoms with van der Waals surface area (Å²) in [4.78, 5) is 3.09. The Morgan fingerprint density at radius 2 is 2.05 bits per heavy atom. The van der Waals surface area contributed by atoms with Crippen LogP contribution in [0.1, 0.15) is 5.56 Å². The molecule has 0 saturated carbocycles. The number of imidazole rings is 1. The average molecular weight is 288 g/mol. The van der Waals surface area contributed by atoms with E-state index in [9.17, 15) is 4.39 Å². The van der Waals surface area contributed by atoms with Crippen LogP contribution >= 0.6 is 12.2 Å². The van der Waals surface area contributed by atoms with E-state index < -0.39 is 0 Å². The normalized spacial score (nSPS) is 11.1. The first-order valence-electron chi connectivity index (χ1n) is 6.18. The molecule has 0 unspecified atom stereocenters. The van der Waals surface area contributed by atoms with Crippen molar-refractivity contribution in [2.24, 2.45) is 0 Å². The zero-order chi connectivity index (χ0) is 14.1. The molecule has 0 fully saturated rings. The van der Waals surface area contributed by atoms with Gasteiger partial charge in [-0.2, -0.15) is 0 Å². The molecule has 0 aliphatic rings. The third-order valence-corrected chi connectivity index (χ3v) is 3.46. The first-order chi connectivity index (χ1) is 9.70. The Hall–Kier alpha value is -1.98. The van der Waals surface area contributed by atoms with E-state index in [1.807, 2.05) is 28.8 Å². The minimum Gasteiger partial charge on any atom is -0.380 e. The number of nitrogens with zero attached hydrogens (tertiary/aromatic N) is 1. The van der Waals surface area contributed by atoms with Crippen molar-refractivity contribution in [3.8, 4) is 5.69 Å². The number of fused-ring (bicyclic) bond motifs is 1. The van der Waals surface area contributed by atoms with Crippen LogP contribution in [-0.4, -0.2) is 16.7 Å². The highest BCUT2D eigenvalue weighted by Crippen LogP contribution is 2.23. The molecule has 3 rings (SSSR count). The Bertz CT molecular complexity index is 822. The maximum Gasteiger partial charge on any atom is 0.182 e. The minimum absolute atomic E-state index is 0.288. The standard InChI is InChI=1S/C15H13FN2OS/c1-19-9-10-4-2-3-5-13(10)18-14-8-11(16)6-7-12(14)17-15(18)20/h2-8H,9H2,1H3,(H,17,20). The quantitative estimate of drug-likeness (QED) is 0.739. The Labute approximate surface area is 120 Å². The summed E-state index contributed by atoms with van der Waals surface area (Å²) in [7, 11) is 1.64. The van der Waals surface area contributed by atoms with Gasteiger partial charge in [0, 0.05) is 18.7 Å². The number of aromatic amines is 1. The van der Waals surface area contributed by atoms with Gasteiger partial charge in [0.05, 0.1) is 23.3 Å². The van der Waals surface area contributed by atoms with Gasteiger partial charge in [0.15, 0.2) is 4.77 Å². The van der Waals surface area contributed by atoms with Crippen LogP contribution in [-0.2, 0) is 11.3 Å². The predicted molar refractivity (Wildman–Crippen MR) is 79.1 cm³/mol. The fraction of sp³-hybridized carbons (Fsp3) is 0.133. The van der Waals surface area contributed by atoms with Crippen molar-refractivity contribution in [2.45, 2.75) is 6.61 Å². The van der Waals surface area contributed by atoms with E-state index in [2.05, 4.69) is 4.98 Å². The van der Waals surface area contributed by atoms with E-state index in [1.54, 1.807) is 13.2 Å². The molecule has 3 aromatic rings. The lowest BCUT2D eigenvalue weighted by atomic mass is 10.2. The molecule has 0 amide bonds. The van der Waals surface area contributed by atoms with Crippen molar-refractivity contribution >= 4 is 23.3 Å². The number of halogens is 1. The lowest BCUT2D eigenvalue weighted by molar-refractivity contribution is 0.185. The summed E-state index contributed by atoms with van der Waals surface area (Å²) in [5.74, 6) is -0.288. The van der Waals surface area contributed by atoms with E-state index in [4.69, 9.17) is 17.0 Å². The molecule has 1 aromatic heterocycles. The highest BCUT2D eigenvalue weighted by atomic mass is 32.1. The van der Waals surface area contributed by atoms with Gasteiger partial charge in [0.25, 0.3) is 0 Å². The zero-order valence-corrected chi connectivity index (χ0v) is 11.7. The van der Waals surface area contributed by atoms with Crippen LogP contribution < -0.4 is 0 Å². The minimum atomic E-state index is -0.288. The molecule has 0 radical (unpaired) electrons. The van der Waals surface area contributed by atoms with E-state index in [0.29, 0.717) is 11.4 Å². The van der Waals surface area contributed by atoms with Gasteiger partial charge in [0.1, 0.15) is 5.82 Å². The molecule has 0 aliphatic heterocycles. The van der Waals surface area contributed by atoms with Crippen molar-refractivity contribution < 1.29 is 9.13 Å². The Morgan fingerprint density at radius 3 is 2.85 bits per heavy atom. The number of hydrogen-bond acceptors (Lipinski definition) is 2. The molecule has 0 saturated heterocycles. The Balaban J connectivity index is 2.32. The number of ether oxygens (including phenoxy) is 1. The van der Waals surface area contributed by atoms with Gasteiger partial charge in [-0.3, -0.25) is 4.57 Å². The lowest BCUT2D eigenvalue weighted by Gasteiger charge is -2.10. The van der Waals surface area contributed by atoms with Crippen molar-refractivity contribution in [1.29, 1.82) is 0 Å². The molecule has 5 heteroatoms. The molecule has 0 atom stereocenters. The van der Waals surface area contributed by atoms with E-state index in [0.717, 1.165) is 22.3 Å². The van der Waals surface area contributed by atoms with E-state index in [1.165, 1.54) is 12.1 Å². The van der Waals surface area contributed by atoms with Gasteiger partial charge in [0.2, 0.25) is 0 Å². The fourth-order valence-electron chi connectivity index (χ4n) is 2.32. The molecular formula is C15H13FN2OS. The maximum atomic E-state index is 13.5. The third kappa shape index (κ3) is 2.15. The molecule has 20 heavy (non-hydrogen) atoms. The van der Waals surface area contributed by atoms with Crippen molar-refractivity contribution in [3.63, 3.8) is 0 Å². The van der Waals surface area contributed by atoms with Gasteiger partial charge in [-0.1, -0.05) is 18.2 Å². The second-order valence-electron chi connectivity index (χ2n) is 4.49. The van der Waals surface area contributed by atoms with Gasteiger partial charge in [-0.05, 0) is 30.4 Å². The first kappa shape index (κ1) is 13.0. The second-order valence-corrected chi connectivity index (χ2v) is 4.88. The van der Waals surface area contributed by atoms with E-state index in [-0.39, 0.29) is 5.82 Å². The Kier molecular flexibility index (Phi) is 3.38. The number of para-hydroxylation sites is 1. The summed E-state index contributed by atoms with van der Waals surface area (Å²) in [5, 5.41) is 0. The van der Waals surface area contributed by atoms with Crippen molar-refractivity contribution in [1.82, 2.24) is 9.55 Å². The first-order valence-corrected chi connectivity index (χ1v) is 6.59. The average Bonchev–Trinajstić information content (AvgIpc) is 2.75. The second kappa shape index (κ2) is 5.19. The maximum absolute atomic E-state index is 13.5. The van der Waals surface area contributed by atoms with Crippen LogP contribution in [0.4, 0.5) is 4.39 Å². The van der Waals surface area contributed by atoms with Crippen molar-refractivity contribution in [2.75, 3.05) is 7.11 Å². The highest BCUT2D eigenvalue weighted by Gasteiger charge is 2.10. The van der Waals surface area contributed by atoms with Gasteiger partial charge in [-0.15, -0.1) is 0 Å². The largest absolute Gasteiger partial charge is 0.380 e. The van der Waals surface area contributed by atoms with Gasteiger partial charge >= 0.3 is 0 Å². The van der Waals surface area contributed by atoms with Gasteiger partial charge < -0.3 is 9.72 Å². The summed E-state index contributed by atoms with van der Waals surface area (Å²) < 4.78 is 21.1. The van der Waals surface area contributed by atoms with Gasteiger partial charge in [-0.25, -0.2) is 4.39 Å². The predicted octanol–water partition coefficient (Wildman–Crippen LogP) is 3.97. The number of rotatable bonds is 3. The summed E-state index contributed by atoms with van der Waals surface area (Å²) in [5.41, 5.74) is 3.43. The zero-order valence-electron chi connectivity index (χ0n) is 10.9. The topological polar surface area (TPSA) is 29.9 Å². The number of methoxy groups -OCH3 is 1. The highest BCUT2D eigenvalue weighted by molar-refractivity contribution is 7.71. The molecule has 1 N–H and O–H groups in total. The summed E-state index contributed by atoms with van der Waals surface area (Å²) in [6, 6.07) is 12.4. The summed E-state index contributed by atoms with van der Waals surface area (Å²) >= 11 is 5.37. The van der Waals surface area contributed by atoms with Crippen LogP contribution in [0.2, 0.25) is 0 Å². The third-order valence-electron chi connectivity index (χ3n) is 3.18. The number of nitrogens with one attached hydrogen (secondary N) is 1.